The van der Waals surface area contributed by atoms with Crippen LogP contribution in [0.4, 0.5) is 18.9 Å². The lowest BCUT2D eigenvalue weighted by Crippen LogP contribution is -2.50. The number of amides is 1. The summed E-state index contributed by atoms with van der Waals surface area (Å²) in [5.74, 6) is -0.465. The lowest BCUT2D eigenvalue weighted by Gasteiger charge is -2.36. The summed E-state index contributed by atoms with van der Waals surface area (Å²) < 4.78 is 42.5. The van der Waals surface area contributed by atoms with Crippen molar-refractivity contribution in [3.63, 3.8) is 0 Å². The molecule has 4 aromatic rings. The topological polar surface area (TPSA) is 54.3 Å². The molecule has 2 heterocycles. The zero-order valence-corrected chi connectivity index (χ0v) is 18.7. The van der Waals surface area contributed by atoms with Gasteiger partial charge in [0.1, 0.15) is 24.0 Å². The van der Waals surface area contributed by atoms with E-state index in [2.05, 4.69) is 10.1 Å². The smallest absolute Gasteiger partial charge is 0.244 e. The third-order valence-electron chi connectivity index (χ3n) is 5.99. The molecule has 0 N–H and O–H groups in total. The van der Waals surface area contributed by atoms with Crippen LogP contribution in [-0.4, -0.2) is 51.8 Å². The number of hydrogen-bond donors (Lipinski definition) is 0. The first-order valence-electron chi connectivity index (χ1n) is 11.2. The summed E-state index contributed by atoms with van der Waals surface area (Å²) >= 11 is 0. The molecular formula is C26H22F3N5O. The van der Waals surface area contributed by atoms with Crippen LogP contribution in [0.1, 0.15) is 0 Å². The normalized spacial score (nSPS) is 13.8. The van der Waals surface area contributed by atoms with Gasteiger partial charge in [-0.3, -0.25) is 4.79 Å². The van der Waals surface area contributed by atoms with Gasteiger partial charge in [0.05, 0.1) is 5.69 Å². The number of rotatable bonds is 5. The van der Waals surface area contributed by atoms with Crippen molar-refractivity contribution >= 4 is 11.6 Å². The Morgan fingerprint density at radius 1 is 0.771 bits per heavy atom. The highest BCUT2D eigenvalue weighted by Gasteiger charge is 2.24. The van der Waals surface area contributed by atoms with Gasteiger partial charge in [0, 0.05) is 37.3 Å². The van der Waals surface area contributed by atoms with E-state index in [1.165, 1.54) is 35.0 Å². The predicted octanol–water partition coefficient (Wildman–Crippen LogP) is 4.38. The second-order valence-corrected chi connectivity index (χ2v) is 8.25. The minimum absolute atomic E-state index is 0.0688. The van der Waals surface area contributed by atoms with E-state index in [1.54, 1.807) is 47.4 Å². The third-order valence-corrected chi connectivity index (χ3v) is 5.99. The summed E-state index contributed by atoms with van der Waals surface area (Å²) in [5, 5.41) is 4.50. The van der Waals surface area contributed by atoms with E-state index in [9.17, 15) is 18.0 Å². The first-order valence-corrected chi connectivity index (χ1v) is 11.2. The first-order chi connectivity index (χ1) is 17.0. The molecule has 5 rings (SSSR count). The summed E-state index contributed by atoms with van der Waals surface area (Å²) in [7, 11) is 0. The quantitative estimate of drug-likeness (QED) is 0.428. The predicted molar refractivity (Wildman–Crippen MR) is 126 cm³/mol. The molecule has 1 aliphatic heterocycles. The minimum Gasteiger partial charge on any atom is -0.366 e. The molecule has 0 bridgehead atoms. The third kappa shape index (κ3) is 4.89. The highest BCUT2D eigenvalue weighted by Crippen LogP contribution is 2.24. The number of benzene rings is 3. The number of piperazine rings is 1. The van der Waals surface area contributed by atoms with Gasteiger partial charge in [-0.2, -0.15) is 0 Å². The Labute approximate surface area is 200 Å². The summed E-state index contributed by atoms with van der Waals surface area (Å²) in [5.41, 5.74) is 1.72. The van der Waals surface area contributed by atoms with Crippen LogP contribution < -0.4 is 4.90 Å². The Kier molecular flexibility index (Phi) is 6.22. The zero-order chi connectivity index (χ0) is 24.4. The van der Waals surface area contributed by atoms with Crippen LogP contribution in [0.15, 0.2) is 72.8 Å². The van der Waals surface area contributed by atoms with E-state index < -0.39 is 0 Å². The fourth-order valence-corrected chi connectivity index (χ4v) is 4.12. The van der Waals surface area contributed by atoms with Crippen LogP contribution in [-0.2, 0) is 11.3 Å². The number of carbonyl (C=O) groups is 1. The number of para-hydroxylation sites is 1. The maximum absolute atomic E-state index is 14.1. The highest BCUT2D eigenvalue weighted by molar-refractivity contribution is 5.77. The standard InChI is InChI=1S/C26H22F3N5O/c27-20-9-5-18(6-10-20)25-30-26(19-7-11-21(28)12-8-19)34(31-25)17-24(35)33-15-13-32(14-16-33)23-4-2-1-3-22(23)29/h1-12H,13-17H2. The van der Waals surface area contributed by atoms with Crippen molar-refractivity contribution in [2.45, 2.75) is 6.54 Å². The van der Waals surface area contributed by atoms with E-state index in [0.717, 1.165) is 0 Å². The van der Waals surface area contributed by atoms with Crippen LogP contribution in [0.25, 0.3) is 22.8 Å². The molecule has 1 amide bonds. The maximum Gasteiger partial charge on any atom is 0.244 e. The molecule has 1 fully saturated rings. The van der Waals surface area contributed by atoms with Gasteiger partial charge in [-0.05, 0) is 60.7 Å². The minimum atomic E-state index is -0.387. The molecule has 178 valence electrons. The fourth-order valence-electron chi connectivity index (χ4n) is 4.12. The van der Waals surface area contributed by atoms with Crippen molar-refractivity contribution in [1.82, 2.24) is 19.7 Å². The lowest BCUT2D eigenvalue weighted by molar-refractivity contribution is -0.132. The van der Waals surface area contributed by atoms with Gasteiger partial charge >= 0.3 is 0 Å². The fraction of sp³-hybridized carbons (Fsp3) is 0.192. The molecule has 0 aliphatic carbocycles. The van der Waals surface area contributed by atoms with E-state index in [1.807, 2.05) is 4.90 Å². The molecule has 1 aromatic heterocycles. The van der Waals surface area contributed by atoms with E-state index in [4.69, 9.17) is 0 Å². The molecule has 6 nitrogen and oxygen atoms in total. The number of halogens is 3. The molecule has 1 aliphatic rings. The Hall–Kier alpha value is -4.14. The highest BCUT2D eigenvalue weighted by atomic mass is 19.1. The molecule has 35 heavy (non-hydrogen) atoms. The lowest BCUT2D eigenvalue weighted by atomic mass is 10.2. The van der Waals surface area contributed by atoms with Crippen molar-refractivity contribution in [3.8, 4) is 22.8 Å². The van der Waals surface area contributed by atoms with E-state index >= 15 is 0 Å². The summed E-state index contributed by atoms with van der Waals surface area (Å²) in [6.45, 7) is 1.84. The van der Waals surface area contributed by atoms with Crippen molar-refractivity contribution in [2.75, 3.05) is 31.1 Å². The van der Waals surface area contributed by atoms with Gasteiger partial charge in [-0.25, -0.2) is 22.8 Å². The average molecular weight is 477 g/mol. The number of aromatic nitrogens is 3. The Bertz CT molecular complexity index is 1330. The van der Waals surface area contributed by atoms with Gasteiger partial charge in [-0.1, -0.05) is 12.1 Å². The van der Waals surface area contributed by atoms with Crippen LogP contribution in [0.3, 0.4) is 0 Å². The first kappa shape index (κ1) is 22.6. The van der Waals surface area contributed by atoms with E-state index in [0.29, 0.717) is 54.6 Å². The summed E-state index contributed by atoms with van der Waals surface area (Å²) in [6, 6.07) is 18.1. The average Bonchev–Trinajstić information content (AvgIpc) is 3.29. The Balaban J connectivity index is 1.36. The monoisotopic (exact) mass is 477 g/mol. The number of hydrogen-bond acceptors (Lipinski definition) is 4. The second-order valence-electron chi connectivity index (χ2n) is 8.25. The molecule has 0 saturated carbocycles. The molecule has 1 saturated heterocycles. The van der Waals surface area contributed by atoms with E-state index in [-0.39, 0.29) is 29.9 Å². The summed E-state index contributed by atoms with van der Waals surface area (Å²) in [6.07, 6.45) is 0. The van der Waals surface area contributed by atoms with Gasteiger partial charge in [0.15, 0.2) is 11.6 Å². The van der Waals surface area contributed by atoms with Crippen molar-refractivity contribution in [2.24, 2.45) is 0 Å². The Morgan fingerprint density at radius 2 is 1.37 bits per heavy atom. The molecule has 0 spiro atoms. The molecule has 0 radical (unpaired) electrons. The molecular weight excluding hydrogens is 455 g/mol. The Morgan fingerprint density at radius 3 is 2.00 bits per heavy atom. The summed E-state index contributed by atoms with van der Waals surface area (Å²) in [4.78, 5) is 21.3. The van der Waals surface area contributed by atoms with Crippen molar-refractivity contribution in [3.05, 3.63) is 90.2 Å². The number of nitrogens with zero attached hydrogens (tertiary/aromatic N) is 5. The van der Waals surface area contributed by atoms with Gasteiger partial charge < -0.3 is 9.80 Å². The molecule has 0 unspecified atom stereocenters. The second kappa shape index (κ2) is 9.61. The molecule has 9 heteroatoms. The van der Waals surface area contributed by atoms with Gasteiger partial charge in [0.25, 0.3) is 0 Å². The number of carbonyl (C=O) groups excluding carboxylic acids is 1. The number of anilines is 1. The van der Waals surface area contributed by atoms with Gasteiger partial charge in [0.2, 0.25) is 5.91 Å². The largest absolute Gasteiger partial charge is 0.366 e. The molecule has 3 aromatic carbocycles. The van der Waals surface area contributed by atoms with Gasteiger partial charge in [-0.15, -0.1) is 5.10 Å². The van der Waals surface area contributed by atoms with Crippen LogP contribution >= 0.6 is 0 Å². The molecule has 0 atom stereocenters. The van der Waals surface area contributed by atoms with Crippen molar-refractivity contribution in [1.29, 1.82) is 0 Å². The maximum atomic E-state index is 14.1. The zero-order valence-electron chi connectivity index (χ0n) is 18.7. The van der Waals surface area contributed by atoms with Crippen molar-refractivity contribution < 1.29 is 18.0 Å². The van der Waals surface area contributed by atoms with Crippen LogP contribution in [0.5, 0.6) is 0 Å². The van der Waals surface area contributed by atoms with Crippen LogP contribution in [0.2, 0.25) is 0 Å². The van der Waals surface area contributed by atoms with Crippen LogP contribution in [0, 0.1) is 17.5 Å². The SMILES string of the molecule is O=C(Cn1nc(-c2ccc(F)cc2)nc1-c1ccc(F)cc1)N1CCN(c2ccccc2F)CC1.